The Hall–Kier alpha value is -3.53. The van der Waals surface area contributed by atoms with E-state index in [2.05, 4.69) is 36.1 Å². The number of rotatable bonds is 4. The number of allylic oxidation sites excluding steroid dienone is 3. The molecule has 4 aliphatic carbocycles. The highest BCUT2D eigenvalue weighted by molar-refractivity contribution is 5.89. The fourth-order valence-corrected chi connectivity index (χ4v) is 8.16. The van der Waals surface area contributed by atoms with E-state index in [0.29, 0.717) is 28.9 Å². The van der Waals surface area contributed by atoms with Crippen molar-refractivity contribution in [2.75, 3.05) is 0 Å². The first-order chi connectivity index (χ1) is 17.9. The number of ether oxygens (including phenoxy) is 1. The third-order valence-corrected chi connectivity index (χ3v) is 10.0. The number of benzene rings is 1. The van der Waals surface area contributed by atoms with Crippen LogP contribution in [0.25, 0.3) is 5.70 Å². The first-order valence-electron chi connectivity index (χ1n) is 13.3. The summed E-state index contributed by atoms with van der Waals surface area (Å²) in [5.74, 6) is 1.16. The number of hydrogen-bond donors (Lipinski definition) is 0. The van der Waals surface area contributed by atoms with Gasteiger partial charge in [0.1, 0.15) is 25.0 Å². The summed E-state index contributed by atoms with van der Waals surface area (Å²) in [7, 11) is 0. The SMILES string of the molecule is C[C@]12CC[C@H](OC(=O)c3ccc(C#N)cc3)CC1=CC[C@@H]1[C@@H]2CC[C@]2(C)C(n3cncn3)=C(C=O)C[C@@H]12. The molecule has 0 aliphatic heterocycles. The Morgan fingerprint density at radius 3 is 2.62 bits per heavy atom. The average molecular weight is 497 g/mol. The van der Waals surface area contributed by atoms with Gasteiger partial charge in [0.15, 0.2) is 0 Å². The number of aromatic nitrogens is 3. The van der Waals surface area contributed by atoms with E-state index in [1.54, 1.807) is 36.9 Å². The van der Waals surface area contributed by atoms with Crippen molar-refractivity contribution >= 4 is 18.0 Å². The van der Waals surface area contributed by atoms with Crippen LogP contribution in [0.2, 0.25) is 0 Å². The summed E-state index contributed by atoms with van der Waals surface area (Å²) in [6.45, 7) is 4.74. The van der Waals surface area contributed by atoms with Crippen LogP contribution in [0.4, 0.5) is 0 Å². The maximum absolute atomic E-state index is 12.8. The van der Waals surface area contributed by atoms with Crippen LogP contribution in [0.3, 0.4) is 0 Å². The summed E-state index contributed by atoms with van der Waals surface area (Å²) >= 11 is 0. The molecule has 2 fully saturated rings. The van der Waals surface area contributed by atoms with Crippen LogP contribution < -0.4 is 0 Å². The van der Waals surface area contributed by atoms with Gasteiger partial charge in [0.05, 0.1) is 22.9 Å². The van der Waals surface area contributed by atoms with E-state index < -0.39 is 0 Å². The molecule has 190 valence electrons. The molecule has 0 unspecified atom stereocenters. The van der Waals surface area contributed by atoms with Crippen LogP contribution in [-0.2, 0) is 9.53 Å². The molecule has 1 heterocycles. The first kappa shape index (κ1) is 23.8. The van der Waals surface area contributed by atoms with Gasteiger partial charge in [0.25, 0.3) is 0 Å². The van der Waals surface area contributed by atoms with Crippen molar-refractivity contribution in [2.45, 2.75) is 64.9 Å². The van der Waals surface area contributed by atoms with Crippen LogP contribution in [0.15, 0.2) is 54.1 Å². The van der Waals surface area contributed by atoms with E-state index in [-0.39, 0.29) is 22.9 Å². The third-order valence-electron chi connectivity index (χ3n) is 10.0. The van der Waals surface area contributed by atoms with E-state index in [1.807, 2.05) is 4.68 Å². The minimum Gasteiger partial charge on any atom is -0.458 e. The van der Waals surface area contributed by atoms with Crippen molar-refractivity contribution in [1.29, 1.82) is 5.26 Å². The first-order valence-corrected chi connectivity index (χ1v) is 13.3. The fourth-order valence-electron chi connectivity index (χ4n) is 8.16. The molecule has 37 heavy (non-hydrogen) atoms. The Morgan fingerprint density at radius 1 is 1.14 bits per heavy atom. The summed E-state index contributed by atoms with van der Waals surface area (Å²) in [6, 6.07) is 8.70. The van der Waals surface area contributed by atoms with Gasteiger partial charge in [-0.15, -0.1) is 0 Å². The van der Waals surface area contributed by atoms with Gasteiger partial charge >= 0.3 is 5.97 Å². The van der Waals surface area contributed by atoms with Crippen LogP contribution in [0, 0.1) is 39.9 Å². The molecule has 6 atom stereocenters. The minimum atomic E-state index is -0.320. The quantitative estimate of drug-likeness (QED) is 0.321. The normalized spacial score (nSPS) is 34.5. The zero-order valence-corrected chi connectivity index (χ0v) is 21.4. The van der Waals surface area contributed by atoms with Crippen molar-refractivity contribution in [3.05, 3.63) is 65.3 Å². The molecule has 0 spiro atoms. The Balaban J connectivity index is 1.20. The molecule has 7 heteroatoms. The van der Waals surface area contributed by atoms with E-state index in [1.165, 1.54) is 5.57 Å². The summed E-state index contributed by atoms with van der Waals surface area (Å²) in [5, 5.41) is 13.4. The maximum Gasteiger partial charge on any atom is 0.338 e. The van der Waals surface area contributed by atoms with Gasteiger partial charge in [-0.1, -0.05) is 25.5 Å². The van der Waals surface area contributed by atoms with E-state index in [4.69, 9.17) is 10.00 Å². The number of carbonyl (C=O) groups excluding carboxylic acids is 2. The summed E-state index contributed by atoms with van der Waals surface area (Å²) in [6.07, 6.45) is 13.2. The second kappa shape index (κ2) is 8.79. The molecule has 0 amide bonds. The van der Waals surface area contributed by atoms with Crippen molar-refractivity contribution in [3.8, 4) is 6.07 Å². The number of hydrogen-bond acceptors (Lipinski definition) is 6. The second-order valence-corrected chi connectivity index (χ2v) is 11.7. The van der Waals surface area contributed by atoms with Crippen molar-refractivity contribution in [2.24, 2.45) is 28.6 Å². The third kappa shape index (κ3) is 3.68. The van der Waals surface area contributed by atoms with Gasteiger partial charge in [-0.05, 0) is 86.0 Å². The molecule has 0 saturated heterocycles. The Morgan fingerprint density at radius 2 is 1.92 bits per heavy atom. The Labute approximate surface area is 217 Å². The number of carbonyl (C=O) groups is 2. The van der Waals surface area contributed by atoms with Gasteiger partial charge in [0.2, 0.25) is 0 Å². The van der Waals surface area contributed by atoms with Gasteiger partial charge < -0.3 is 4.74 Å². The zero-order chi connectivity index (χ0) is 25.8. The van der Waals surface area contributed by atoms with Gasteiger partial charge in [0, 0.05) is 17.4 Å². The standard InChI is InChI=1S/C30H32N4O3/c1-29-11-9-23(37-28(36)20-5-3-19(15-31)4-6-20)14-22(29)7-8-24-25(29)10-12-30(2)26(24)13-21(16-35)27(30)34-18-32-17-33-34/h3-7,16-18,23-26H,8-14H2,1-2H3/t23-,24+,25-,26-,29-,30-/m0/s1. The number of nitrogens with zero attached hydrogens (tertiary/aromatic N) is 4. The van der Waals surface area contributed by atoms with Gasteiger partial charge in [-0.2, -0.15) is 10.4 Å². The topological polar surface area (TPSA) is 97.9 Å². The lowest BCUT2D eigenvalue weighted by atomic mass is 9.48. The summed E-state index contributed by atoms with van der Waals surface area (Å²) in [4.78, 5) is 29.0. The molecule has 1 aromatic heterocycles. The summed E-state index contributed by atoms with van der Waals surface area (Å²) in [5.41, 5.74) is 4.37. The average Bonchev–Trinajstić information content (AvgIpc) is 3.54. The van der Waals surface area contributed by atoms with Crippen molar-refractivity contribution in [1.82, 2.24) is 14.8 Å². The highest BCUT2D eigenvalue weighted by Gasteiger charge is 2.58. The predicted molar refractivity (Wildman–Crippen MR) is 137 cm³/mol. The highest BCUT2D eigenvalue weighted by atomic mass is 16.5. The van der Waals surface area contributed by atoms with Gasteiger partial charge in [-0.25, -0.2) is 14.5 Å². The zero-order valence-electron chi connectivity index (χ0n) is 21.4. The van der Waals surface area contributed by atoms with Gasteiger partial charge in [-0.3, -0.25) is 4.79 Å². The minimum absolute atomic E-state index is 0.0827. The van der Waals surface area contributed by atoms with Crippen LogP contribution in [-0.4, -0.2) is 33.1 Å². The predicted octanol–water partition coefficient (Wildman–Crippen LogP) is 5.36. The molecule has 6 rings (SSSR count). The molecule has 2 aromatic rings. The van der Waals surface area contributed by atoms with E-state index in [9.17, 15) is 9.59 Å². The Bertz CT molecular complexity index is 1340. The number of nitriles is 1. The second-order valence-electron chi connectivity index (χ2n) is 11.7. The molecule has 4 aliphatic rings. The molecular weight excluding hydrogens is 464 g/mol. The summed E-state index contributed by atoms with van der Waals surface area (Å²) < 4.78 is 7.75. The molecular formula is C30H32N4O3. The van der Waals surface area contributed by atoms with Crippen LogP contribution in [0.5, 0.6) is 0 Å². The Kier molecular flexibility index (Phi) is 5.67. The molecule has 2 saturated carbocycles. The smallest absolute Gasteiger partial charge is 0.338 e. The van der Waals surface area contributed by atoms with Crippen molar-refractivity contribution < 1.29 is 14.3 Å². The van der Waals surface area contributed by atoms with E-state index >= 15 is 0 Å². The molecule has 1 aromatic carbocycles. The lowest BCUT2D eigenvalue weighted by Crippen LogP contribution is -2.50. The van der Waals surface area contributed by atoms with Crippen LogP contribution >= 0.6 is 0 Å². The number of esters is 1. The number of fused-ring (bicyclic) bond motifs is 5. The monoisotopic (exact) mass is 496 g/mol. The van der Waals surface area contributed by atoms with Crippen LogP contribution in [0.1, 0.15) is 74.7 Å². The number of aldehydes is 1. The highest BCUT2D eigenvalue weighted by Crippen LogP contribution is 2.66. The molecule has 0 N–H and O–H groups in total. The molecule has 0 radical (unpaired) electrons. The lowest BCUT2D eigenvalue weighted by molar-refractivity contribution is -0.105. The fraction of sp³-hybridized carbons (Fsp3) is 0.500. The van der Waals surface area contributed by atoms with Crippen molar-refractivity contribution in [3.63, 3.8) is 0 Å². The molecule has 7 nitrogen and oxygen atoms in total. The lowest BCUT2D eigenvalue weighted by Gasteiger charge is -2.57. The molecule has 0 bridgehead atoms. The maximum atomic E-state index is 12.8. The largest absolute Gasteiger partial charge is 0.458 e. The van der Waals surface area contributed by atoms with E-state index in [0.717, 1.165) is 62.5 Å².